The Morgan fingerprint density at radius 2 is 0.917 bits per heavy atom. The van der Waals surface area contributed by atoms with E-state index in [0.717, 1.165) is 33.6 Å². The van der Waals surface area contributed by atoms with Gasteiger partial charge in [-0.1, -0.05) is 24.3 Å². The first-order valence-electron chi connectivity index (χ1n) is 11.9. The van der Waals surface area contributed by atoms with Crippen LogP contribution in [0.2, 0.25) is 0 Å². The number of aromatic nitrogens is 4. The summed E-state index contributed by atoms with van der Waals surface area (Å²) in [6.07, 6.45) is 4.11. The SMILES string of the molecule is CSc1ccc(-c2nn(C(C)C)c(O)c2C)cc1.CSc1ccc(-c2nn(C(C)C)c(O)c2C)cc1. The minimum absolute atomic E-state index is 0.155. The minimum Gasteiger partial charge on any atom is -0.493 e. The second-order valence-electron chi connectivity index (χ2n) is 9.13. The molecule has 0 saturated heterocycles. The molecule has 2 aromatic heterocycles. The molecular formula is C28H36N4O2S2. The zero-order valence-corrected chi connectivity index (χ0v) is 23.9. The molecule has 4 aromatic rings. The van der Waals surface area contributed by atoms with Gasteiger partial charge in [-0.15, -0.1) is 23.5 Å². The lowest BCUT2D eigenvalue weighted by atomic mass is 10.1. The van der Waals surface area contributed by atoms with Crippen molar-refractivity contribution in [2.24, 2.45) is 0 Å². The molecule has 0 unspecified atom stereocenters. The molecule has 0 spiro atoms. The summed E-state index contributed by atoms with van der Waals surface area (Å²) in [4.78, 5) is 2.45. The van der Waals surface area contributed by atoms with Gasteiger partial charge in [-0.25, -0.2) is 9.36 Å². The van der Waals surface area contributed by atoms with Crippen molar-refractivity contribution < 1.29 is 10.2 Å². The normalized spacial score (nSPS) is 11.2. The Hall–Kier alpha value is -2.84. The molecule has 4 rings (SSSR count). The molecule has 192 valence electrons. The summed E-state index contributed by atoms with van der Waals surface area (Å²) in [5, 5.41) is 29.1. The van der Waals surface area contributed by atoms with Gasteiger partial charge in [0.05, 0.1) is 23.5 Å². The van der Waals surface area contributed by atoms with E-state index in [9.17, 15) is 10.2 Å². The monoisotopic (exact) mass is 524 g/mol. The number of thioether (sulfide) groups is 2. The average molecular weight is 525 g/mol. The topological polar surface area (TPSA) is 76.1 Å². The molecule has 0 saturated carbocycles. The summed E-state index contributed by atoms with van der Waals surface area (Å²) < 4.78 is 3.32. The highest BCUT2D eigenvalue weighted by Crippen LogP contribution is 2.33. The fraction of sp³-hybridized carbons (Fsp3) is 0.357. The first-order valence-corrected chi connectivity index (χ1v) is 14.4. The number of rotatable bonds is 6. The van der Waals surface area contributed by atoms with Gasteiger partial charge in [0.25, 0.3) is 0 Å². The molecule has 6 nitrogen and oxygen atoms in total. The van der Waals surface area contributed by atoms with E-state index in [-0.39, 0.29) is 23.8 Å². The predicted octanol–water partition coefficient (Wildman–Crippen LogP) is 7.73. The van der Waals surface area contributed by atoms with Gasteiger partial charge >= 0.3 is 0 Å². The van der Waals surface area contributed by atoms with Crippen LogP contribution in [-0.2, 0) is 0 Å². The molecule has 0 fully saturated rings. The highest BCUT2D eigenvalue weighted by molar-refractivity contribution is 7.98. The fourth-order valence-electron chi connectivity index (χ4n) is 3.78. The second kappa shape index (κ2) is 11.9. The van der Waals surface area contributed by atoms with Crippen molar-refractivity contribution >= 4 is 23.5 Å². The summed E-state index contributed by atoms with van der Waals surface area (Å²) >= 11 is 3.43. The van der Waals surface area contributed by atoms with Gasteiger partial charge < -0.3 is 10.2 Å². The maximum Gasteiger partial charge on any atom is 0.213 e. The largest absolute Gasteiger partial charge is 0.493 e. The molecule has 0 amide bonds. The van der Waals surface area contributed by atoms with E-state index >= 15 is 0 Å². The smallest absolute Gasteiger partial charge is 0.213 e. The van der Waals surface area contributed by atoms with E-state index in [1.807, 2.05) is 65.8 Å². The molecule has 36 heavy (non-hydrogen) atoms. The van der Waals surface area contributed by atoms with Crippen LogP contribution in [0.4, 0.5) is 0 Å². The maximum atomic E-state index is 10.0. The highest BCUT2D eigenvalue weighted by Gasteiger charge is 2.17. The van der Waals surface area contributed by atoms with Gasteiger partial charge in [-0.2, -0.15) is 10.2 Å². The third-order valence-corrected chi connectivity index (χ3v) is 7.42. The molecule has 2 heterocycles. The molecule has 0 aliphatic heterocycles. The van der Waals surface area contributed by atoms with Crippen molar-refractivity contribution in [3.8, 4) is 34.3 Å². The van der Waals surface area contributed by atoms with Gasteiger partial charge in [-0.3, -0.25) is 0 Å². The van der Waals surface area contributed by atoms with Crippen molar-refractivity contribution in [3.63, 3.8) is 0 Å². The van der Waals surface area contributed by atoms with Crippen LogP contribution in [0.3, 0.4) is 0 Å². The van der Waals surface area contributed by atoms with E-state index in [0.29, 0.717) is 0 Å². The molecule has 2 N–H and O–H groups in total. The van der Waals surface area contributed by atoms with Gasteiger partial charge in [0, 0.05) is 32.0 Å². The Balaban J connectivity index is 0.000000201. The zero-order valence-electron chi connectivity index (χ0n) is 22.3. The summed E-state index contributed by atoms with van der Waals surface area (Å²) in [5.41, 5.74) is 5.46. The lowest BCUT2D eigenvalue weighted by Crippen LogP contribution is -2.01. The first kappa shape index (κ1) is 27.7. The van der Waals surface area contributed by atoms with Crippen LogP contribution in [0.5, 0.6) is 11.8 Å². The lowest BCUT2D eigenvalue weighted by Gasteiger charge is -2.05. The summed E-state index contributed by atoms with van der Waals surface area (Å²) in [7, 11) is 0. The molecule has 0 aliphatic rings. The van der Waals surface area contributed by atoms with E-state index in [4.69, 9.17) is 0 Å². The number of benzene rings is 2. The summed E-state index contributed by atoms with van der Waals surface area (Å²) in [5.74, 6) is 0.517. The van der Waals surface area contributed by atoms with E-state index in [1.54, 1.807) is 32.9 Å². The minimum atomic E-state index is 0.155. The Labute approximate surface area is 222 Å². The van der Waals surface area contributed by atoms with Gasteiger partial charge in [-0.05, 0) is 78.3 Å². The molecule has 0 atom stereocenters. The van der Waals surface area contributed by atoms with Crippen LogP contribution in [0, 0.1) is 13.8 Å². The Bertz CT molecular complexity index is 1190. The molecule has 0 bridgehead atoms. The molecular weight excluding hydrogens is 488 g/mol. The third kappa shape index (κ3) is 5.93. The van der Waals surface area contributed by atoms with Crippen LogP contribution in [-0.4, -0.2) is 42.3 Å². The van der Waals surface area contributed by atoms with Crippen LogP contribution < -0.4 is 0 Å². The summed E-state index contributed by atoms with van der Waals surface area (Å²) in [6, 6.07) is 16.8. The Morgan fingerprint density at radius 1 is 0.611 bits per heavy atom. The molecule has 2 aromatic carbocycles. The van der Waals surface area contributed by atoms with E-state index < -0.39 is 0 Å². The first-order chi connectivity index (χ1) is 17.1. The Morgan fingerprint density at radius 3 is 1.14 bits per heavy atom. The number of nitrogens with zero attached hydrogens (tertiary/aromatic N) is 4. The van der Waals surface area contributed by atoms with Crippen LogP contribution in [0.25, 0.3) is 22.5 Å². The standard InChI is InChI=1S/2C14H18N2OS/c2*1-9(2)16-14(17)10(3)13(15-16)11-5-7-12(18-4)8-6-11/h2*5-9,17H,1-4H3. The molecule has 0 aliphatic carbocycles. The third-order valence-electron chi connectivity index (χ3n) is 5.94. The van der Waals surface area contributed by atoms with Crippen LogP contribution in [0.15, 0.2) is 58.3 Å². The van der Waals surface area contributed by atoms with Gasteiger partial charge in [0.2, 0.25) is 11.8 Å². The highest BCUT2D eigenvalue weighted by atomic mass is 32.2. The summed E-state index contributed by atoms with van der Waals surface area (Å²) in [6.45, 7) is 11.8. The zero-order chi connectivity index (χ0) is 26.6. The quantitative estimate of drug-likeness (QED) is 0.251. The van der Waals surface area contributed by atoms with Crippen molar-refractivity contribution in [1.29, 1.82) is 0 Å². The van der Waals surface area contributed by atoms with E-state index in [1.165, 1.54) is 9.79 Å². The molecule has 8 heteroatoms. The number of aromatic hydroxyl groups is 2. The number of hydrogen-bond donors (Lipinski definition) is 2. The van der Waals surface area contributed by atoms with Crippen molar-refractivity contribution in [2.45, 2.75) is 63.4 Å². The van der Waals surface area contributed by atoms with E-state index in [2.05, 4.69) is 47.0 Å². The number of hydrogen-bond acceptors (Lipinski definition) is 6. The van der Waals surface area contributed by atoms with Gasteiger partial charge in [0.1, 0.15) is 0 Å². The predicted molar refractivity (Wildman–Crippen MR) is 152 cm³/mol. The second-order valence-corrected chi connectivity index (χ2v) is 10.9. The van der Waals surface area contributed by atoms with Crippen molar-refractivity contribution in [2.75, 3.05) is 12.5 Å². The average Bonchev–Trinajstić information content (AvgIpc) is 3.35. The van der Waals surface area contributed by atoms with Crippen molar-refractivity contribution in [1.82, 2.24) is 19.6 Å². The lowest BCUT2D eigenvalue weighted by molar-refractivity contribution is 0.375. The van der Waals surface area contributed by atoms with Crippen LogP contribution >= 0.6 is 23.5 Å². The Kier molecular flexibility index (Phi) is 9.19. The molecule has 0 radical (unpaired) electrons. The maximum absolute atomic E-state index is 10.0. The van der Waals surface area contributed by atoms with Crippen LogP contribution in [0.1, 0.15) is 50.9 Å². The van der Waals surface area contributed by atoms with Crippen molar-refractivity contribution in [3.05, 3.63) is 59.7 Å². The van der Waals surface area contributed by atoms with Gasteiger partial charge in [0.15, 0.2) is 0 Å². The fourth-order valence-corrected chi connectivity index (χ4v) is 4.60.